The molecule has 0 rings (SSSR count). The largest absolute Gasteiger partial charge is 0.385 e. The topological polar surface area (TPSA) is 45.7 Å². The van der Waals surface area contributed by atoms with Gasteiger partial charge in [-0.15, -0.1) is 0 Å². The average molecular weight is 233 g/mol. The first kappa shape index (κ1) is 14.6. The summed E-state index contributed by atoms with van der Waals surface area (Å²) in [5, 5.41) is 6.48. The van der Waals surface area contributed by atoms with Crippen LogP contribution in [0.5, 0.6) is 0 Å². The van der Waals surface area contributed by atoms with Crippen LogP contribution in [-0.4, -0.2) is 51.3 Å². The molecular formula is C10H23N3OS. The second kappa shape index (κ2) is 11.7. The van der Waals surface area contributed by atoms with E-state index in [4.69, 9.17) is 4.74 Å². The Morgan fingerprint density at radius 2 is 2.20 bits per heavy atom. The Kier molecular flexibility index (Phi) is 11.3. The summed E-state index contributed by atoms with van der Waals surface area (Å²) < 4.78 is 4.97. The summed E-state index contributed by atoms with van der Waals surface area (Å²) in [5.74, 6) is 2.00. The number of aliphatic imine (C=N–C) groups is 1. The summed E-state index contributed by atoms with van der Waals surface area (Å²) in [6.45, 7) is 5.50. The molecule has 0 amide bonds. The molecule has 0 aliphatic carbocycles. The Balaban J connectivity index is 3.68. The molecule has 2 N–H and O–H groups in total. The van der Waals surface area contributed by atoms with Crippen LogP contribution in [0.4, 0.5) is 0 Å². The third-order valence-corrected chi connectivity index (χ3v) is 2.33. The summed E-state index contributed by atoms with van der Waals surface area (Å²) in [6.07, 6.45) is 3.07. The molecule has 0 aliphatic heterocycles. The van der Waals surface area contributed by atoms with Crippen LogP contribution < -0.4 is 10.6 Å². The van der Waals surface area contributed by atoms with Crippen molar-refractivity contribution in [3.63, 3.8) is 0 Å². The zero-order valence-electron chi connectivity index (χ0n) is 10.0. The molecule has 0 radical (unpaired) electrons. The van der Waals surface area contributed by atoms with Crippen LogP contribution in [0.3, 0.4) is 0 Å². The highest BCUT2D eigenvalue weighted by Crippen LogP contribution is 1.87. The summed E-state index contributed by atoms with van der Waals surface area (Å²) in [4.78, 5) is 4.43. The fraction of sp³-hybridized carbons (Fsp3) is 0.900. The first-order valence-corrected chi connectivity index (χ1v) is 6.74. The van der Waals surface area contributed by atoms with Crippen molar-refractivity contribution in [2.75, 3.05) is 45.4 Å². The maximum absolute atomic E-state index is 4.97. The summed E-state index contributed by atoms with van der Waals surface area (Å²) in [6, 6.07) is 0. The maximum Gasteiger partial charge on any atom is 0.191 e. The molecule has 0 saturated carbocycles. The van der Waals surface area contributed by atoms with Gasteiger partial charge in [-0.2, -0.15) is 11.8 Å². The van der Waals surface area contributed by atoms with E-state index >= 15 is 0 Å². The van der Waals surface area contributed by atoms with Gasteiger partial charge >= 0.3 is 0 Å². The second-order valence-electron chi connectivity index (χ2n) is 3.03. The Labute approximate surface area is 97.3 Å². The second-order valence-corrected chi connectivity index (χ2v) is 4.01. The number of hydrogen-bond donors (Lipinski definition) is 2. The van der Waals surface area contributed by atoms with Crippen molar-refractivity contribution in [3.8, 4) is 0 Å². The van der Waals surface area contributed by atoms with Gasteiger partial charge in [-0.25, -0.2) is 0 Å². The molecule has 4 nitrogen and oxygen atoms in total. The number of ether oxygens (including phenoxy) is 1. The van der Waals surface area contributed by atoms with Crippen molar-refractivity contribution in [3.05, 3.63) is 0 Å². The van der Waals surface area contributed by atoms with Crippen molar-refractivity contribution in [1.29, 1.82) is 0 Å². The van der Waals surface area contributed by atoms with Crippen LogP contribution in [0.2, 0.25) is 0 Å². The number of hydrogen-bond acceptors (Lipinski definition) is 3. The Morgan fingerprint density at radius 1 is 1.40 bits per heavy atom. The molecule has 0 fully saturated rings. The standard InChI is InChI=1S/C10H23N3OS/c1-4-11-10(13-7-9-15-3)12-6-5-8-14-2/h4-9H2,1-3H3,(H2,11,12,13). The predicted octanol–water partition coefficient (Wildman–Crippen LogP) is 0.941. The quantitative estimate of drug-likeness (QED) is 0.372. The lowest BCUT2D eigenvalue weighted by Crippen LogP contribution is -2.38. The minimum atomic E-state index is 0.772. The fourth-order valence-electron chi connectivity index (χ4n) is 1.01. The zero-order chi connectivity index (χ0) is 11.4. The van der Waals surface area contributed by atoms with Gasteiger partial charge in [0.1, 0.15) is 0 Å². The molecule has 0 spiro atoms. The van der Waals surface area contributed by atoms with E-state index in [0.29, 0.717) is 0 Å². The summed E-state index contributed by atoms with van der Waals surface area (Å²) in [5.41, 5.74) is 0. The molecule has 0 aliphatic rings. The highest BCUT2D eigenvalue weighted by molar-refractivity contribution is 7.98. The normalized spacial score (nSPS) is 11.5. The molecule has 0 atom stereocenters. The molecule has 15 heavy (non-hydrogen) atoms. The van der Waals surface area contributed by atoms with E-state index in [1.54, 1.807) is 7.11 Å². The average Bonchev–Trinajstić information content (AvgIpc) is 2.24. The highest BCUT2D eigenvalue weighted by Gasteiger charge is 1.94. The Hall–Kier alpha value is -0.420. The van der Waals surface area contributed by atoms with Crippen LogP contribution in [0, 0.1) is 0 Å². The number of guanidine groups is 1. The van der Waals surface area contributed by atoms with Crippen molar-refractivity contribution < 1.29 is 4.74 Å². The molecule has 5 heteroatoms. The van der Waals surface area contributed by atoms with Crippen molar-refractivity contribution in [1.82, 2.24) is 10.6 Å². The van der Waals surface area contributed by atoms with E-state index in [1.165, 1.54) is 0 Å². The lowest BCUT2D eigenvalue weighted by Gasteiger charge is -2.10. The smallest absolute Gasteiger partial charge is 0.191 e. The first-order valence-electron chi connectivity index (χ1n) is 5.35. The zero-order valence-corrected chi connectivity index (χ0v) is 10.8. The number of nitrogens with one attached hydrogen (secondary N) is 2. The molecular weight excluding hydrogens is 210 g/mol. The first-order chi connectivity index (χ1) is 7.35. The van der Waals surface area contributed by atoms with Gasteiger partial charge < -0.3 is 15.4 Å². The molecule has 0 heterocycles. The van der Waals surface area contributed by atoms with E-state index in [-0.39, 0.29) is 0 Å². The number of nitrogens with zero attached hydrogens (tertiary/aromatic N) is 1. The molecule has 0 saturated heterocycles. The number of methoxy groups -OCH3 is 1. The molecule has 0 aromatic carbocycles. The highest BCUT2D eigenvalue weighted by atomic mass is 32.2. The minimum Gasteiger partial charge on any atom is -0.385 e. The van der Waals surface area contributed by atoms with Crippen LogP contribution in [-0.2, 0) is 4.74 Å². The van der Waals surface area contributed by atoms with Gasteiger partial charge in [0.15, 0.2) is 5.96 Å². The van der Waals surface area contributed by atoms with Gasteiger partial charge in [0.05, 0.1) is 0 Å². The van der Waals surface area contributed by atoms with Crippen LogP contribution >= 0.6 is 11.8 Å². The summed E-state index contributed by atoms with van der Waals surface area (Å²) >= 11 is 1.83. The van der Waals surface area contributed by atoms with Gasteiger partial charge in [-0.3, -0.25) is 4.99 Å². The van der Waals surface area contributed by atoms with E-state index in [0.717, 1.165) is 44.4 Å². The lowest BCUT2D eigenvalue weighted by molar-refractivity contribution is 0.197. The van der Waals surface area contributed by atoms with E-state index < -0.39 is 0 Å². The van der Waals surface area contributed by atoms with E-state index in [1.807, 2.05) is 11.8 Å². The van der Waals surface area contributed by atoms with Gasteiger partial charge in [0.25, 0.3) is 0 Å². The van der Waals surface area contributed by atoms with E-state index in [9.17, 15) is 0 Å². The van der Waals surface area contributed by atoms with Crippen LogP contribution in [0.1, 0.15) is 13.3 Å². The fourth-order valence-corrected chi connectivity index (χ4v) is 1.32. The van der Waals surface area contributed by atoms with Gasteiger partial charge in [-0.1, -0.05) is 0 Å². The van der Waals surface area contributed by atoms with E-state index in [2.05, 4.69) is 28.8 Å². The molecule has 0 aromatic heterocycles. The molecule has 0 unspecified atom stereocenters. The van der Waals surface area contributed by atoms with Crippen LogP contribution in [0.25, 0.3) is 0 Å². The van der Waals surface area contributed by atoms with Crippen molar-refractivity contribution in [2.24, 2.45) is 4.99 Å². The molecule has 0 bridgehead atoms. The van der Waals surface area contributed by atoms with Gasteiger partial charge in [-0.05, 0) is 19.6 Å². The Morgan fingerprint density at radius 3 is 2.80 bits per heavy atom. The predicted molar refractivity (Wildman–Crippen MR) is 68.9 cm³/mol. The SMILES string of the molecule is CCNC(=NCCCOC)NCCSC. The third kappa shape index (κ3) is 9.87. The van der Waals surface area contributed by atoms with Gasteiger partial charge in [0.2, 0.25) is 0 Å². The summed E-state index contributed by atoms with van der Waals surface area (Å²) in [7, 11) is 1.71. The lowest BCUT2D eigenvalue weighted by atomic mass is 10.5. The monoisotopic (exact) mass is 233 g/mol. The number of rotatable bonds is 8. The van der Waals surface area contributed by atoms with Crippen molar-refractivity contribution >= 4 is 17.7 Å². The number of thioether (sulfide) groups is 1. The Bertz CT molecular complexity index is 165. The minimum absolute atomic E-state index is 0.772. The molecule has 0 aromatic rings. The third-order valence-electron chi connectivity index (χ3n) is 1.72. The maximum atomic E-state index is 4.97. The van der Waals surface area contributed by atoms with Crippen LogP contribution in [0.15, 0.2) is 4.99 Å². The van der Waals surface area contributed by atoms with Gasteiger partial charge in [0, 0.05) is 39.1 Å². The van der Waals surface area contributed by atoms with Crippen molar-refractivity contribution in [2.45, 2.75) is 13.3 Å². The molecule has 90 valence electrons.